The van der Waals surface area contributed by atoms with Gasteiger partial charge < -0.3 is 15.0 Å². The number of nitrogens with one attached hydrogen (secondary N) is 1. The quantitative estimate of drug-likeness (QED) is 0.905. The molecule has 2 fully saturated rings. The summed E-state index contributed by atoms with van der Waals surface area (Å²) in [5, 5.41) is 2.86. The van der Waals surface area contributed by atoms with Crippen LogP contribution in [0, 0.1) is 5.92 Å². The predicted octanol–water partition coefficient (Wildman–Crippen LogP) is 2.09. The molecule has 1 aliphatic heterocycles. The van der Waals surface area contributed by atoms with Gasteiger partial charge in [0.1, 0.15) is 11.8 Å². The maximum Gasteiger partial charge on any atom is 0.249 e. The van der Waals surface area contributed by atoms with E-state index in [0.717, 1.165) is 23.0 Å². The second kappa shape index (κ2) is 5.67. The van der Waals surface area contributed by atoms with Crippen molar-refractivity contribution in [3.63, 3.8) is 0 Å². The van der Waals surface area contributed by atoms with Crippen molar-refractivity contribution in [3.8, 4) is 5.75 Å². The van der Waals surface area contributed by atoms with Gasteiger partial charge in [0.15, 0.2) is 0 Å². The minimum Gasteiger partial charge on any atom is -0.496 e. The number of rotatable bonds is 3. The largest absolute Gasteiger partial charge is 0.496 e. The number of benzene rings is 1. The average Bonchev–Trinajstić information content (AvgIpc) is 3.29. The Kier molecular flexibility index (Phi) is 3.89. The summed E-state index contributed by atoms with van der Waals surface area (Å²) in [7, 11) is 1.60. The topological polar surface area (TPSA) is 58.6 Å². The number of halogens is 1. The highest BCUT2D eigenvalue weighted by molar-refractivity contribution is 9.10. The molecule has 1 saturated heterocycles. The first-order valence-electron chi connectivity index (χ1n) is 7.04. The van der Waals surface area contributed by atoms with Crippen LogP contribution >= 0.6 is 15.9 Å². The SMILES string of the molecule is COc1ccc(N2CCC(=O)NC(C3CC3)C2=O)cc1Br. The Balaban J connectivity index is 1.90. The smallest absolute Gasteiger partial charge is 0.249 e. The Morgan fingerprint density at radius 2 is 2.10 bits per heavy atom. The molecule has 3 rings (SSSR count). The van der Waals surface area contributed by atoms with Gasteiger partial charge in [-0.15, -0.1) is 0 Å². The molecule has 0 radical (unpaired) electrons. The van der Waals surface area contributed by atoms with Crippen molar-refractivity contribution in [1.29, 1.82) is 0 Å². The van der Waals surface area contributed by atoms with E-state index in [1.807, 2.05) is 18.2 Å². The van der Waals surface area contributed by atoms with Crippen molar-refractivity contribution in [3.05, 3.63) is 22.7 Å². The second-order valence-electron chi connectivity index (χ2n) is 5.44. The Hall–Kier alpha value is -1.56. The first-order chi connectivity index (χ1) is 10.1. The predicted molar refractivity (Wildman–Crippen MR) is 82.3 cm³/mol. The van der Waals surface area contributed by atoms with Crippen molar-refractivity contribution in [2.75, 3.05) is 18.6 Å². The van der Waals surface area contributed by atoms with Crippen LogP contribution in [-0.4, -0.2) is 31.5 Å². The van der Waals surface area contributed by atoms with E-state index in [4.69, 9.17) is 4.74 Å². The van der Waals surface area contributed by atoms with Gasteiger partial charge in [0.25, 0.3) is 0 Å². The van der Waals surface area contributed by atoms with Crippen LogP contribution in [0.2, 0.25) is 0 Å². The van der Waals surface area contributed by atoms with E-state index in [9.17, 15) is 9.59 Å². The summed E-state index contributed by atoms with van der Waals surface area (Å²) in [6.07, 6.45) is 2.35. The molecule has 21 heavy (non-hydrogen) atoms. The minimum atomic E-state index is -0.374. The van der Waals surface area contributed by atoms with Gasteiger partial charge in [0, 0.05) is 18.7 Å². The number of hydrogen-bond acceptors (Lipinski definition) is 3. The van der Waals surface area contributed by atoms with Crippen molar-refractivity contribution < 1.29 is 14.3 Å². The average molecular weight is 353 g/mol. The molecule has 2 aliphatic rings. The van der Waals surface area contributed by atoms with Gasteiger partial charge >= 0.3 is 0 Å². The molecule has 1 aromatic rings. The first-order valence-corrected chi connectivity index (χ1v) is 7.83. The molecule has 0 spiro atoms. The zero-order chi connectivity index (χ0) is 15.0. The van der Waals surface area contributed by atoms with Crippen LogP contribution in [0.3, 0.4) is 0 Å². The lowest BCUT2D eigenvalue weighted by atomic mass is 10.1. The van der Waals surface area contributed by atoms with Crippen molar-refractivity contribution >= 4 is 33.4 Å². The molecule has 2 amide bonds. The Morgan fingerprint density at radius 3 is 2.71 bits per heavy atom. The third-order valence-corrected chi connectivity index (χ3v) is 4.57. The Bertz CT molecular complexity index is 586. The second-order valence-corrected chi connectivity index (χ2v) is 6.30. The zero-order valence-corrected chi connectivity index (χ0v) is 13.4. The fourth-order valence-electron chi connectivity index (χ4n) is 2.63. The van der Waals surface area contributed by atoms with E-state index >= 15 is 0 Å². The third-order valence-electron chi connectivity index (χ3n) is 3.95. The fourth-order valence-corrected chi connectivity index (χ4v) is 3.16. The monoisotopic (exact) mass is 352 g/mol. The molecule has 1 aromatic carbocycles. The lowest BCUT2D eigenvalue weighted by Gasteiger charge is -2.24. The highest BCUT2D eigenvalue weighted by Gasteiger charge is 2.41. The maximum atomic E-state index is 12.7. The number of anilines is 1. The maximum absolute atomic E-state index is 12.7. The van der Waals surface area contributed by atoms with Crippen LogP contribution < -0.4 is 15.0 Å². The summed E-state index contributed by atoms with van der Waals surface area (Å²) < 4.78 is 6.00. The zero-order valence-electron chi connectivity index (χ0n) is 11.8. The molecule has 1 atom stereocenters. The van der Waals surface area contributed by atoms with Crippen LogP contribution in [0.4, 0.5) is 5.69 Å². The van der Waals surface area contributed by atoms with E-state index in [0.29, 0.717) is 24.6 Å². The number of nitrogens with zero attached hydrogens (tertiary/aromatic N) is 1. The number of amides is 2. The van der Waals surface area contributed by atoms with Gasteiger partial charge in [-0.05, 0) is 52.9 Å². The molecule has 6 heteroatoms. The molecular formula is C15H17BrN2O3. The molecule has 0 bridgehead atoms. The first kappa shape index (κ1) is 14.4. The van der Waals surface area contributed by atoms with E-state index in [1.165, 1.54) is 0 Å². The van der Waals surface area contributed by atoms with Crippen LogP contribution in [0.15, 0.2) is 22.7 Å². The van der Waals surface area contributed by atoms with E-state index in [-0.39, 0.29) is 17.9 Å². The van der Waals surface area contributed by atoms with E-state index < -0.39 is 0 Å². The molecule has 1 saturated carbocycles. The number of carbonyl (C=O) groups excluding carboxylic acids is 2. The number of carbonyl (C=O) groups is 2. The molecule has 1 heterocycles. The summed E-state index contributed by atoms with van der Waals surface area (Å²) in [4.78, 5) is 26.2. The molecule has 1 N–H and O–H groups in total. The summed E-state index contributed by atoms with van der Waals surface area (Å²) >= 11 is 3.44. The van der Waals surface area contributed by atoms with Gasteiger partial charge in [0.05, 0.1) is 11.6 Å². The van der Waals surface area contributed by atoms with Crippen molar-refractivity contribution in [2.24, 2.45) is 5.92 Å². The number of methoxy groups -OCH3 is 1. The standard InChI is InChI=1S/C15H17BrN2O3/c1-21-12-5-4-10(8-11(12)16)18-7-6-13(19)17-14(15(18)20)9-2-3-9/h4-5,8-9,14H,2-3,6-7H2,1H3,(H,17,19). The van der Waals surface area contributed by atoms with Gasteiger partial charge in [-0.3, -0.25) is 9.59 Å². The van der Waals surface area contributed by atoms with Gasteiger partial charge in [-0.1, -0.05) is 0 Å². The van der Waals surface area contributed by atoms with Crippen molar-refractivity contribution in [2.45, 2.75) is 25.3 Å². The highest BCUT2D eigenvalue weighted by atomic mass is 79.9. The third kappa shape index (κ3) is 2.90. The number of ether oxygens (including phenoxy) is 1. The van der Waals surface area contributed by atoms with Gasteiger partial charge in [-0.2, -0.15) is 0 Å². The molecule has 5 nitrogen and oxygen atoms in total. The highest BCUT2D eigenvalue weighted by Crippen LogP contribution is 2.36. The van der Waals surface area contributed by atoms with Crippen molar-refractivity contribution in [1.82, 2.24) is 5.32 Å². The molecule has 1 unspecified atom stereocenters. The molecule has 1 aliphatic carbocycles. The normalized spacial score (nSPS) is 22.8. The summed E-state index contributed by atoms with van der Waals surface area (Å²) in [6, 6.07) is 5.15. The van der Waals surface area contributed by atoms with E-state index in [2.05, 4.69) is 21.2 Å². The number of hydrogen-bond donors (Lipinski definition) is 1. The van der Waals surface area contributed by atoms with Crippen LogP contribution in [0.5, 0.6) is 5.75 Å². The van der Waals surface area contributed by atoms with Gasteiger partial charge in [-0.25, -0.2) is 0 Å². The molecule has 0 aromatic heterocycles. The lowest BCUT2D eigenvalue weighted by Crippen LogP contribution is -2.46. The van der Waals surface area contributed by atoms with Crippen LogP contribution in [0.25, 0.3) is 0 Å². The lowest BCUT2D eigenvalue weighted by molar-refractivity contribution is -0.126. The summed E-state index contributed by atoms with van der Waals surface area (Å²) in [6.45, 7) is 0.409. The summed E-state index contributed by atoms with van der Waals surface area (Å²) in [5.41, 5.74) is 0.787. The minimum absolute atomic E-state index is 0.0135. The molecule has 112 valence electrons. The Labute approximate surface area is 131 Å². The molecular weight excluding hydrogens is 336 g/mol. The Morgan fingerprint density at radius 1 is 1.33 bits per heavy atom. The van der Waals surface area contributed by atoms with Crippen LogP contribution in [-0.2, 0) is 9.59 Å². The van der Waals surface area contributed by atoms with Gasteiger partial charge in [0.2, 0.25) is 11.8 Å². The summed E-state index contributed by atoms with van der Waals surface area (Å²) in [5.74, 6) is 0.952. The van der Waals surface area contributed by atoms with E-state index in [1.54, 1.807) is 12.0 Å². The fraction of sp³-hybridized carbons (Fsp3) is 0.467. The van der Waals surface area contributed by atoms with Crippen LogP contribution in [0.1, 0.15) is 19.3 Å².